The molecule has 0 aromatic heterocycles. The summed E-state index contributed by atoms with van der Waals surface area (Å²) in [5, 5.41) is 6.69. The molecule has 1 saturated carbocycles. The summed E-state index contributed by atoms with van der Waals surface area (Å²) in [7, 11) is 0. The smallest absolute Gasteiger partial charge is 0.317 e. The SMILES string of the molecule is O=C(NC1CCCCC1)N1C[C@@H]2CCN[C@@H]2C1. The maximum absolute atomic E-state index is 12.1. The quantitative estimate of drug-likeness (QED) is 0.722. The van der Waals surface area contributed by atoms with Crippen molar-refractivity contribution in [3.63, 3.8) is 0 Å². The summed E-state index contributed by atoms with van der Waals surface area (Å²) in [5.41, 5.74) is 0. The molecule has 4 nitrogen and oxygen atoms in total. The van der Waals surface area contributed by atoms with Gasteiger partial charge < -0.3 is 15.5 Å². The van der Waals surface area contributed by atoms with E-state index in [1.54, 1.807) is 0 Å². The molecule has 0 unspecified atom stereocenters. The zero-order valence-electron chi connectivity index (χ0n) is 10.5. The first-order valence-electron chi connectivity index (χ1n) is 7.12. The molecule has 3 aliphatic rings. The molecule has 17 heavy (non-hydrogen) atoms. The highest BCUT2D eigenvalue weighted by atomic mass is 16.2. The van der Waals surface area contributed by atoms with Gasteiger partial charge in [-0.05, 0) is 31.7 Å². The molecule has 96 valence electrons. The van der Waals surface area contributed by atoms with E-state index < -0.39 is 0 Å². The number of hydrogen-bond acceptors (Lipinski definition) is 2. The van der Waals surface area contributed by atoms with E-state index in [-0.39, 0.29) is 6.03 Å². The van der Waals surface area contributed by atoms with Gasteiger partial charge in [-0.3, -0.25) is 0 Å². The van der Waals surface area contributed by atoms with Gasteiger partial charge in [0.2, 0.25) is 0 Å². The van der Waals surface area contributed by atoms with Gasteiger partial charge in [0, 0.05) is 25.2 Å². The molecule has 3 fully saturated rings. The number of urea groups is 1. The first kappa shape index (κ1) is 11.3. The number of rotatable bonds is 1. The molecule has 2 atom stereocenters. The zero-order valence-corrected chi connectivity index (χ0v) is 10.5. The van der Waals surface area contributed by atoms with Gasteiger partial charge in [-0.25, -0.2) is 4.79 Å². The highest BCUT2D eigenvalue weighted by Crippen LogP contribution is 2.25. The molecule has 2 heterocycles. The fraction of sp³-hybridized carbons (Fsp3) is 0.923. The maximum atomic E-state index is 12.1. The number of amides is 2. The number of fused-ring (bicyclic) bond motifs is 1. The molecule has 2 saturated heterocycles. The first-order valence-corrected chi connectivity index (χ1v) is 7.12. The van der Waals surface area contributed by atoms with Crippen molar-refractivity contribution in [3.8, 4) is 0 Å². The second-order valence-electron chi connectivity index (χ2n) is 5.80. The van der Waals surface area contributed by atoms with E-state index in [4.69, 9.17) is 0 Å². The maximum Gasteiger partial charge on any atom is 0.317 e. The molecule has 4 heteroatoms. The molecule has 2 N–H and O–H groups in total. The van der Waals surface area contributed by atoms with E-state index in [0.29, 0.717) is 18.0 Å². The molecule has 0 radical (unpaired) electrons. The van der Waals surface area contributed by atoms with Gasteiger partial charge in [-0.1, -0.05) is 19.3 Å². The van der Waals surface area contributed by atoms with Crippen LogP contribution in [0, 0.1) is 5.92 Å². The minimum atomic E-state index is 0.174. The van der Waals surface area contributed by atoms with Crippen LogP contribution in [0.25, 0.3) is 0 Å². The number of hydrogen-bond donors (Lipinski definition) is 2. The average Bonchev–Trinajstić information content (AvgIpc) is 2.90. The minimum absolute atomic E-state index is 0.174. The molecule has 0 spiro atoms. The summed E-state index contributed by atoms with van der Waals surface area (Å²) in [6.07, 6.45) is 7.47. The van der Waals surface area contributed by atoms with Gasteiger partial charge >= 0.3 is 6.03 Å². The van der Waals surface area contributed by atoms with Gasteiger partial charge in [-0.2, -0.15) is 0 Å². The van der Waals surface area contributed by atoms with Gasteiger partial charge in [0.1, 0.15) is 0 Å². The normalized spacial score (nSPS) is 33.8. The molecule has 0 aromatic rings. The van der Waals surface area contributed by atoms with Gasteiger partial charge in [0.05, 0.1) is 0 Å². The largest absolute Gasteiger partial charge is 0.335 e. The van der Waals surface area contributed by atoms with Crippen LogP contribution < -0.4 is 10.6 Å². The molecule has 2 aliphatic heterocycles. The van der Waals surface area contributed by atoms with E-state index in [9.17, 15) is 4.79 Å². The molecular formula is C13H23N3O. The van der Waals surface area contributed by atoms with E-state index in [1.807, 2.05) is 4.90 Å². The predicted molar refractivity (Wildman–Crippen MR) is 66.9 cm³/mol. The Morgan fingerprint density at radius 2 is 1.94 bits per heavy atom. The van der Waals surface area contributed by atoms with Crippen LogP contribution in [0.3, 0.4) is 0 Å². The van der Waals surface area contributed by atoms with Crippen molar-refractivity contribution in [1.29, 1.82) is 0 Å². The average molecular weight is 237 g/mol. The fourth-order valence-corrected chi connectivity index (χ4v) is 3.53. The monoisotopic (exact) mass is 237 g/mol. The van der Waals surface area contributed by atoms with Crippen LogP contribution in [-0.4, -0.2) is 42.6 Å². The molecule has 1 aliphatic carbocycles. The van der Waals surface area contributed by atoms with Gasteiger partial charge in [0.25, 0.3) is 0 Å². The lowest BCUT2D eigenvalue weighted by atomic mass is 9.96. The van der Waals surface area contributed by atoms with Crippen LogP contribution in [-0.2, 0) is 0 Å². The van der Waals surface area contributed by atoms with Crippen LogP contribution in [0.4, 0.5) is 4.79 Å². The van der Waals surface area contributed by atoms with Crippen molar-refractivity contribution in [2.24, 2.45) is 5.92 Å². The van der Waals surface area contributed by atoms with Gasteiger partial charge in [-0.15, -0.1) is 0 Å². The lowest BCUT2D eigenvalue weighted by Crippen LogP contribution is -2.45. The van der Waals surface area contributed by atoms with Crippen molar-refractivity contribution in [1.82, 2.24) is 15.5 Å². The van der Waals surface area contributed by atoms with E-state index in [0.717, 1.165) is 19.6 Å². The van der Waals surface area contributed by atoms with Crippen LogP contribution in [0.5, 0.6) is 0 Å². The van der Waals surface area contributed by atoms with Crippen LogP contribution in [0.2, 0.25) is 0 Å². The van der Waals surface area contributed by atoms with Crippen molar-refractivity contribution in [2.75, 3.05) is 19.6 Å². The summed E-state index contributed by atoms with van der Waals surface area (Å²) in [6.45, 7) is 2.99. The third-order valence-corrected chi connectivity index (χ3v) is 4.58. The molecule has 2 amide bonds. The lowest BCUT2D eigenvalue weighted by molar-refractivity contribution is 0.197. The van der Waals surface area contributed by atoms with E-state index >= 15 is 0 Å². The summed E-state index contributed by atoms with van der Waals surface area (Å²) < 4.78 is 0. The summed E-state index contributed by atoms with van der Waals surface area (Å²) >= 11 is 0. The third kappa shape index (κ3) is 2.41. The predicted octanol–water partition coefficient (Wildman–Crippen LogP) is 1.32. The van der Waals surface area contributed by atoms with Crippen molar-refractivity contribution >= 4 is 6.03 Å². The van der Waals surface area contributed by atoms with Crippen molar-refractivity contribution in [3.05, 3.63) is 0 Å². The van der Waals surface area contributed by atoms with Crippen molar-refractivity contribution in [2.45, 2.75) is 50.6 Å². The Labute approximate surface area is 103 Å². The molecule has 0 bridgehead atoms. The molecule has 0 aromatic carbocycles. The van der Waals surface area contributed by atoms with E-state index in [1.165, 1.54) is 38.5 Å². The Morgan fingerprint density at radius 3 is 2.71 bits per heavy atom. The minimum Gasteiger partial charge on any atom is -0.335 e. The fourth-order valence-electron chi connectivity index (χ4n) is 3.53. The topological polar surface area (TPSA) is 44.4 Å². The highest BCUT2D eigenvalue weighted by molar-refractivity contribution is 5.75. The number of likely N-dealkylation sites (tertiary alicyclic amines) is 1. The summed E-state index contributed by atoms with van der Waals surface area (Å²) in [5.74, 6) is 0.701. The zero-order chi connectivity index (χ0) is 11.7. The first-order chi connectivity index (χ1) is 8.33. The van der Waals surface area contributed by atoms with Crippen LogP contribution in [0.15, 0.2) is 0 Å². The highest BCUT2D eigenvalue weighted by Gasteiger charge is 2.38. The Balaban J connectivity index is 1.49. The Hall–Kier alpha value is -0.770. The molecule has 3 rings (SSSR count). The summed E-state index contributed by atoms with van der Waals surface area (Å²) in [4.78, 5) is 14.1. The molecular weight excluding hydrogens is 214 g/mol. The van der Waals surface area contributed by atoms with Crippen LogP contribution in [0.1, 0.15) is 38.5 Å². The second-order valence-corrected chi connectivity index (χ2v) is 5.80. The summed E-state index contributed by atoms with van der Waals surface area (Å²) in [6, 6.07) is 1.17. The van der Waals surface area contributed by atoms with Gasteiger partial charge in [0.15, 0.2) is 0 Å². The number of carbonyl (C=O) groups is 1. The Kier molecular flexibility index (Phi) is 3.23. The third-order valence-electron chi connectivity index (χ3n) is 4.58. The Morgan fingerprint density at radius 1 is 1.12 bits per heavy atom. The van der Waals surface area contributed by atoms with Crippen molar-refractivity contribution < 1.29 is 4.79 Å². The standard InChI is InChI=1S/C13H23N3O/c17-13(15-11-4-2-1-3-5-11)16-8-10-6-7-14-12(10)9-16/h10-12,14H,1-9H2,(H,15,17)/t10-,12+/m0/s1. The number of nitrogens with one attached hydrogen (secondary N) is 2. The number of carbonyl (C=O) groups excluding carboxylic acids is 1. The van der Waals surface area contributed by atoms with E-state index in [2.05, 4.69) is 10.6 Å². The Bertz CT molecular complexity index is 276. The second kappa shape index (κ2) is 4.84. The number of nitrogens with zero attached hydrogens (tertiary/aromatic N) is 1. The van der Waals surface area contributed by atoms with Crippen LogP contribution >= 0.6 is 0 Å². The lowest BCUT2D eigenvalue weighted by Gasteiger charge is -2.26.